The van der Waals surface area contributed by atoms with Crippen molar-refractivity contribution in [3.05, 3.63) is 35.4 Å². The first kappa shape index (κ1) is 13.7. The highest BCUT2D eigenvalue weighted by Gasteiger charge is 2.32. The Morgan fingerprint density at radius 2 is 1.71 bits per heavy atom. The Labute approximate surface area is 104 Å². The molecule has 0 amide bonds. The molecule has 0 radical (unpaired) electrons. The highest BCUT2D eigenvalue weighted by molar-refractivity contribution is 5.28. The van der Waals surface area contributed by atoms with Gasteiger partial charge in [-0.25, -0.2) is 0 Å². The van der Waals surface area contributed by atoms with Gasteiger partial charge < -0.3 is 5.11 Å². The van der Waals surface area contributed by atoms with E-state index in [9.17, 15) is 5.11 Å². The van der Waals surface area contributed by atoms with Gasteiger partial charge >= 0.3 is 0 Å². The Bertz CT molecular complexity index is 402. The first-order valence-electron chi connectivity index (χ1n) is 6.13. The fraction of sp³-hybridized carbons (Fsp3) is 0.533. The van der Waals surface area contributed by atoms with Gasteiger partial charge in [-0.05, 0) is 30.4 Å². The van der Waals surface area contributed by atoms with Gasteiger partial charge in [0, 0.05) is 0 Å². The maximum Gasteiger partial charge on any atom is 0.0973 e. The number of aliphatic hydroxyl groups is 1. The monoisotopic (exact) mass is 231 g/mol. The second kappa shape index (κ2) is 5.33. The first-order chi connectivity index (χ1) is 7.94. The van der Waals surface area contributed by atoms with Crippen LogP contribution in [0.15, 0.2) is 24.3 Å². The van der Waals surface area contributed by atoms with Crippen LogP contribution in [-0.4, -0.2) is 5.11 Å². The SMILES string of the molecule is CCC(C)(C#N)C(O)c1ccc(C(C)C)cc1. The van der Waals surface area contributed by atoms with E-state index in [0.29, 0.717) is 12.3 Å². The lowest BCUT2D eigenvalue weighted by molar-refractivity contribution is 0.0722. The number of nitrogens with zero attached hydrogens (tertiary/aromatic N) is 1. The van der Waals surface area contributed by atoms with Gasteiger partial charge in [-0.1, -0.05) is 45.0 Å². The largest absolute Gasteiger partial charge is 0.387 e. The zero-order valence-electron chi connectivity index (χ0n) is 11.1. The summed E-state index contributed by atoms with van der Waals surface area (Å²) in [4.78, 5) is 0. The van der Waals surface area contributed by atoms with E-state index in [-0.39, 0.29) is 0 Å². The third-order valence-corrected chi connectivity index (χ3v) is 3.51. The van der Waals surface area contributed by atoms with Gasteiger partial charge in [0.1, 0.15) is 0 Å². The van der Waals surface area contributed by atoms with E-state index in [0.717, 1.165) is 5.56 Å². The fourth-order valence-electron chi connectivity index (χ4n) is 1.76. The summed E-state index contributed by atoms with van der Waals surface area (Å²) in [6.07, 6.45) is -0.0879. The molecule has 1 aromatic rings. The van der Waals surface area contributed by atoms with E-state index in [1.807, 2.05) is 31.2 Å². The molecular weight excluding hydrogens is 210 g/mol. The molecule has 2 unspecified atom stereocenters. The lowest BCUT2D eigenvalue weighted by Crippen LogP contribution is -2.22. The minimum absolute atomic E-state index is 0.481. The molecule has 1 N–H and O–H groups in total. The average molecular weight is 231 g/mol. The van der Waals surface area contributed by atoms with Crippen molar-refractivity contribution >= 4 is 0 Å². The number of aliphatic hydroxyl groups excluding tert-OH is 1. The first-order valence-corrected chi connectivity index (χ1v) is 6.13. The molecule has 0 spiro atoms. The number of nitriles is 1. The predicted molar refractivity (Wildman–Crippen MR) is 69.5 cm³/mol. The average Bonchev–Trinajstić information content (AvgIpc) is 2.37. The molecule has 0 aliphatic rings. The van der Waals surface area contributed by atoms with Crippen LogP contribution < -0.4 is 0 Å². The van der Waals surface area contributed by atoms with Crippen LogP contribution in [0.2, 0.25) is 0 Å². The number of rotatable bonds is 4. The molecule has 0 aliphatic carbocycles. The van der Waals surface area contributed by atoms with Crippen LogP contribution >= 0.6 is 0 Å². The van der Waals surface area contributed by atoms with Gasteiger partial charge in [-0.15, -0.1) is 0 Å². The zero-order chi connectivity index (χ0) is 13.1. The van der Waals surface area contributed by atoms with E-state index < -0.39 is 11.5 Å². The van der Waals surface area contributed by atoms with Crippen molar-refractivity contribution in [3.8, 4) is 6.07 Å². The van der Waals surface area contributed by atoms with Crippen molar-refractivity contribution in [3.63, 3.8) is 0 Å². The van der Waals surface area contributed by atoms with Crippen LogP contribution in [0.4, 0.5) is 0 Å². The molecule has 1 rings (SSSR count). The number of hydrogen-bond donors (Lipinski definition) is 1. The van der Waals surface area contributed by atoms with Crippen molar-refractivity contribution in [1.29, 1.82) is 5.26 Å². The van der Waals surface area contributed by atoms with Crippen molar-refractivity contribution in [2.24, 2.45) is 5.41 Å². The Hall–Kier alpha value is -1.33. The molecule has 0 saturated carbocycles. The summed E-state index contributed by atoms with van der Waals surface area (Å²) in [6, 6.07) is 10.1. The second-order valence-corrected chi connectivity index (χ2v) is 5.11. The van der Waals surface area contributed by atoms with Crippen LogP contribution in [-0.2, 0) is 0 Å². The normalized spacial score (nSPS) is 16.3. The Balaban J connectivity index is 2.98. The third-order valence-electron chi connectivity index (χ3n) is 3.51. The Morgan fingerprint density at radius 3 is 2.06 bits per heavy atom. The summed E-state index contributed by atoms with van der Waals surface area (Å²) in [5, 5.41) is 19.4. The minimum atomic E-state index is -0.723. The maximum absolute atomic E-state index is 10.2. The summed E-state index contributed by atoms with van der Waals surface area (Å²) in [7, 11) is 0. The van der Waals surface area contributed by atoms with Gasteiger partial charge in [-0.3, -0.25) is 0 Å². The van der Waals surface area contributed by atoms with Gasteiger partial charge in [0.15, 0.2) is 0 Å². The smallest absolute Gasteiger partial charge is 0.0973 e. The predicted octanol–water partition coefficient (Wildman–Crippen LogP) is 3.78. The molecule has 0 fully saturated rings. The highest BCUT2D eigenvalue weighted by atomic mass is 16.3. The number of benzene rings is 1. The summed E-state index contributed by atoms with van der Waals surface area (Å²) in [5.74, 6) is 0.481. The van der Waals surface area contributed by atoms with Crippen molar-refractivity contribution in [1.82, 2.24) is 0 Å². The third kappa shape index (κ3) is 2.87. The maximum atomic E-state index is 10.2. The fourth-order valence-corrected chi connectivity index (χ4v) is 1.76. The summed E-state index contributed by atoms with van der Waals surface area (Å²) >= 11 is 0. The van der Waals surface area contributed by atoms with E-state index in [2.05, 4.69) is 19.9 Å². The van der Waals surface area contributed by atoms with Crippen molar-refractivity contribution in [2.45, 2.75) is 46.1 Å². The highest BCUT2D eigenvalue weighted by Crippen LogP contribution is 2.36. The van der Waals surface area contributed by atoms with E-state index >= 15 is 0 Å². The zero-order valence-corrected chi connectivity index (χ0v) is 11.1. The van der Waals surface area contributed by atoms with Crippen LogP contribution in [0, 0.1) is 16.7 Å². The second-order valence-electron chi connectivity index (χ2n) is 5.11. The lowest BCUT2D eigenvalue weighted by Gasteiger charge is -2.26. The molecule has 1 aromatic carbocycles. The molecule has 17 heavy (non-hydrogen) atoms. The van der Waals surface area contributed by atoms with Crippen molar-refractivity contribution < 1.29 is 5.11 Å². The summed E-state index contributed by atoms with van der Waals surface area (Å²) in [5.41, 5.74) is 1.36. The van der Waals surface area contributed by atoms with Crippen LogP contribution in [0.5, 0.6) is 0 Å². The molecule has 0 heterocycles. The molecule has 0 aliphatic heterocycles. The molecular formula is C15H21NO. The topological polar surface area (TPSA) is 44.0 Å². The molecule has 0 bridgehead atoms. The van der Waals surface area contributed by atoms with E-state index in [1.54, 1.807) is 6.92 Å². The van der Waals surface area contributed by atoms with Gasteiger partial charge in [0.25, 0.3) is 0 Å². The Kier molecular flexibility index (Phi) is 4.31. The summed E-state index contributed by atoms with van der Waals surface area (Å²) < 4.78 is 0. The quantitative estimate of drug-likeness (QED) is 0.857. The number of hydrogen-bond acceptors (Lipinski definition) is 2. The molecule has 2 atom stereocenters. The van der Waals surface area contributed by atoms with Gasteiger partial charge in [-0.2, -0.15) is 5.26 Å². The molecule has 2 heteroatoms. The molecule has 2 nitrogen and oxygen atoms in total. The van der Waals surface area contributed by atoms with E-state index in [1.165, 1.54) is 5.56 Å². The molecule has 0 saturated heterocycles. The molecule has 92 valence electrons. The Morgan fingerprint density at radius 1 is 1.24 bits per heavy atom. The van der Waals surface area contributed by atoms with Crippen LogP contribution in [0.25, 0.3) is 0 Å². The minimum Gasteiger partial charge on any atom is -0.387 e. The van der Waals surface area contributed by atoms with Crippen LogP contribution in [0.3, 0.4) is 0 Å². The summed E-state index contributed by atoms with van der Waals surface area (Å²) in [6.45, 7) is 8.00. The van der Waals surface area contributed by atoms with Crippen molar-refractivity contribution in [2.75, 3.05) is 0 Å². The molecule has 0 aromatic heterocycles. The van der Waals surface area contributed by atoms with Gasteiger partial charge in [0.2, 0.25) is 0 Å². The van der Waals surface area contributed by atoms with Crippen LogP contribution in [0.1, 0.15) is 57.3 Å². The standard InChI is InChI=1S/C15H21NO/c1-5-15(4,10-16)14(17)13-8-6-12(7-9-13)11(2)3/h6-9,11,14,17H,5H2,1-4H3. The van der Waals surface area contributed by atoms with E-state index in [4.69, 9.17) is 5.26 Å². The lowest BCUT2D eigenvalue weighted by atomic mass is 9.79. The van der Waals surface area contributed by atoms with Gasteiger partial charge in [0.05, 0.1) is 17.6 Å².